The van der Waals surface area contributed by atoms with Crippen molar-refractivity contribution in [2.45, 2.75) is 38.8 Å². The Balaban J connectivity index is 1.81. The van der Waals surface area contributed by atoms with Crippen molar-refractivity contribution in [2.24, 2.45) is 0 Å². The Morgan fingerprint density at radius 3 is 2.40 bits per heavy atom. The van der Waals surface area contributed by atoms with E-state index in [0.717, 1.165) is 11.1 Å². The maximum Gasteiger partial charge on any atom is 0.246 e. The number of carbonyl (C=O) groups excluding carboxylic acids is 2. The van der Waals surface area contributed by atoms with Crippen LogP contribution < -0.4 is 35.6 Å². The highest BCUT2D eigenvalue weighted by Gasteiger charge is 2.29. The number of amides is 2. The molecule has 1 aliphatic rings. The first-order chi connectivity index (χ1) is 19.2. The molecule has 0 radical (unpaired) electrons. The zero-order valence-electron chi connectivity index (χ0n) is 23.1. The number of phenols is 1. The second kappa shape index (κ2) is 12.0. The number of phenolic OH excluding ortho intramolecular Hbond substituents is 1. The summed E-state index contributed by atoms with van der Waals surface area (Å²) in [7, 11) is 4.61. The fourth-order valence-electron chi connectivity index (χ4n) is 4.96. The lowest BCUT2D eigenvalue weighted by molar-refractivity contribution is -0.119. The van der Waals surface area contributed by atoms with Crippen molar-refractivity contribution in [3.8, 4) is 34.1 Å². The third-order valence-corrected chi connectivity index (χ3v) is 6.79. The first-order valence-electron chi connectivity index (χ1n) is 12.8. The van der Waals surface area contributed by atoms with Crippen molar-refractivity contribution in [2.75, 3.05) is 32.0 Å². The van der Waals surface area contributed by atoms with Crippen LogP contribution in [0, 0.1) is 0 Å². The van der Waals surface area contributed by atoms with Gasteiger partial charge in [0.05, 0.1) is 33.1 Å². The van der Waals surface area contributed by atoms with Gasteiger partial charge in [0.1, 0.15) is 11.8 Å². The van der Waals surface area contributed by atoms with E-state index in [0.29, 0.717) is 46.9 Å². The Labute approximate surface area is 232 Å². The molecule has 0 fully saturated rings. The number of aromatic hydroxyl groups is 1. The van der Waals surface area contributed by atoms with Gasteiger partial charge in [-0.1, -0.05) is 12.1 Å². The minimum atomic E-state index is -0.783. The van der Waals surface area contributed by atoms with Crippen LogP contribution in [-0.4, -0.2) is 44.3 Å². The number of methoxy groups -OCH3 is 3. The van der Waals surface area contributed by atoms with Crippen LogP contribution in [0.1, 0.15) is 37.4 Å². The molecule has 3 aromatic rings. The Kier molecular flexibility index (Phi) is 8.47. The fourth-order valence-corrected chi connectivity index (χ4v) is 4.96. The molecule has 10 heteroatoms. The molecule has 2 amide bonds. The quantitative estimate of drug-likeness (QED) is 0.332. The average Bonchev–Trinajstić information content (AvgIpc) is 3.16. The summed E-state index contributed by atoms with van der Waals surface area (Å²) in [6.45, 7) is 3.07. The van der Waals surface area contributed by atoms with E-state index in [9.17, 15) is 19.5 Å². The molecule has 0 saturated heterocycles. The molecule has 40 heavy (non-hydrogen) atoms. The van der Waals surface area contributed by atoms with E-state index >= 15 is 0 Å². The van der Waals surface area contributed by atoms with Crippen LogP contribution in [0.15, 0.2) is 53.3 Å². The molecule has 2 atom stereocenters. The highest BCUT2D eigenvalue weighted by atomic mass is 16.5. The summed E-state index contributed by atoms with van der Waals surface area (Å²) in [6.07, 6.45) is 1.12. The number of benzene rings is 2. The van der Waals surface area contributed by atoms with Gasteiger partial charge in [0.15, 0.2) is 11.5 Å². The SMILES string of the molecule is COc1cc2c(c(OC)c1OC)-c1ccc(NC(C)C(=O)Nc3cccc(O)c3)c(=O)cc1C(NC(C)=O)CC2. The minimum absolute atomic E-state index is 0.0236. The molecular formula is C30H33N3O7. The number of rotatable bonds is 8. The molecule has 2 unspecified atom stereocenters. The van der Waals surface area contributed by atoms with E-state index in [-0.39, 0.29) is 22.8 Å². The molecule has 4 N–H and O–H groups in total. The molecule has 1 aliphatic carbocycles. The average molecular weight is 548 g/mol. The Morgan fingerprint density at radius 1 is 1.00 bits per heavy atom. The van der Waals surface area contributed by atoms with Gasteiger partial charge in [0, 0.05) is 24.2 Å². The van der Waals surface area contributed by atoms with E-state index in [2.05, 4.69) is 16.0 Å². The lowest BCUT2D eigenvalue weighted by Gasteiger charge is -2.19. The van der Waals surface area contributed by atoms with E-state index in [1.807, 2.05) is 6.07 Å². The summed E-state index contributed by atoms with van der Waals surface area (Å²) in [6, 6.07) is 11.8. The number of hydrogen-bond acceptors (Lipinski definition) is 8. The zero-order chi connectivity index (χ0) is 29.0. The molecule has 0 aromatic heterocycles. The number of hydrogen-bond donors (Lipinski definition) is 4. The van der Waals surface area contributed by atoms with E-state index in [1.165, 1.54) is 39.3 Å². The van der Waals surface area contributed by atoms with Crippen LogP contribution in [0.3, 0.4) is 0 Å². The van der Waals surface area contributed by atoms with Crippen molar-refractivity contribution in [1.29, 1.82) is 0 Å². The predicted molar refractivity (Wildman–Crippen MR) is 153 cm³/mol. The van der Waals surface area contributed by atoms with Gasteiger partial charge in [-0.25, -0.2) is 0 Å². The van der Waals surface area contributed by atoms with Crippen LogP contribution in [0.5, 0.6) is 23.0 Å². The first kappa shape index (κ1) is 28.3. The highest BCUT2D eigenvalue weighted by molar-refractivity contribution is 5.96. The fraction of sp³-hybridized carbons (Fsp3) is 0.300. The van der Waals surface area contributed by atoms with Gasteiger partial charge in [-0.15, -0.1) is 0 Å². The molecule has 0 aliphatic heterocycles. The molecule has 0 saturated carbocycles. The third kappa shape index (κ3) is 5.80. The highest BCUT2D eigenvalue weighted by Crippen LogP contribution is 2.50. The van der Waals surface area contributed by atoms with Crippen molar-refractivity contribution in [3.05, 3.63) is 69.9 Å². The summed E-state index contributed by atoms with van der Waals surface area (Å²) in [4.78, 5) is 38.4. The zero-order valence-corrected chi connectivity index (χ0v) is 23.1. The van der Waals surface area contributed by atoms with Gasteiger partial charge in [0.2, 0.25) is 23.0 Å². The van der Waals surface area contributed by atoms with Gasteiger partial charge in [-0.05, 0) is 66.8 Å². The van der Waals surface area contributed by atoms with Gasteiger partial charge < -0.3 is 35.3 Å². The van der Waals surface area contributed by atoms with Crippen molar-refractivity contribution in [3.63, 3.8) is 0 Å². The van der Waals surface area contributed by atoms with Crippen LogP contribution in [0.25, 0.3) is 11.1 Å². The second-order valence-electron chi connectivity index (χ2n) is 9.50. The minimum Gasteiger partial charge on any atom is -0.508 e. The number of carbonyl (C=O) groups is 2. The maximum absolute atomic E-state index is 13.5. The van der Waals surface area contributed by atoms with Gasteiger partial charge >= 0.3 is 0 Å². The Bertz CT molecular complexity index is 1510. The molecule has 10 nitrogen and oxygen atoms in total. The van der Waals surface area contributed by atoms with Crippen molar-refractivity contribution < 1.29 is 28.9 Å². The largest absolute Gasteiger partial charge is 0.508 e. The summed E-state index contributed by atoms with van der Waals surface area (Å²) in [5.74, 6) is 0.786. The van der Waals surface area contributed by atoms with Crippen LogP contribution >= 0.6 is 0 Å². The Hall–Kier alpha value is -4.73. The summed E-state index contributed by atoms with van der Waals surface area (Å²) >= 11 is 0. The lowest BCUT2D eigenvalue weighted by atomic mass is 9.95. The van der Waals surface area contributed by atoms with Crippen molar-refractivity contribution in [1.82, 2.24) is 5.32 Å². The van der Waals surface area contributed by atoms with E-state index < -0.39 is 18.0 Å². The second-order valence-corrected chi connectivity index (χ2v) is 9.50. The van der Waals surface area contributed by atoms with Gasteiger partial charge in [-0.2, -0.15) is 0 Å². The number of fused-ring (bicyclic) bond motifs is 3. The molecule has 3 aromatic carbocycles. The molecule has 0 spiro atoms. The number of anilines is 2. The lowest BCUT2D eigenvalue weighted by Crippen LogP contribution is -2.33. The summed E-state index contributed by atoms with van der Waals surface area (Å²) in [5, 5.41) is 18.4. The molecule has 4 rings (SSSR count). The summed E-state index contributed by atoms with van der Waals surface area (Å²) in [5.41, 5.74) is 3.23. The van der Waals surface area contributed by atoms with Crippen LogP contribution in [0.2, 0.25) is 0 Å². The predicted octanol–water partition coefficient (Wildman–Crippen LogP) is 4.01. The normalized spacial score (nSPS) is 14.5. The molecular weight excluding hydrogens is 514 g/mol. The third-order valence-electron chi connectivity index (χ3n) is 6.79. The monoisotopic (exact) mass is 547 g/mol. The molecule has 210 valence electrons. The van der Waals surface area contributed by atoms with E-state index in [1.54, 1.807) is 38.3 Å². The topological polar surface area (TPSA) is 135 Å². The number of aryl methyl sites for hydroxylation is 1. The smallest absolute Gasteiger partial charge is 0.246 e. The van der Waals surface area contributed by atoms with Gasteiger partial charge in [0.25, 0.3) is 0 Å². The molecule has 0 heterocycles. The van der Waals surface area contributed by atoms with Gasteiger partial charge in [-0.3, -0.25) is 14.4 Å². The van der Waals surface area contributed by atoms with E-state index in [4.69, 9.17) is 14.2 Å². The molecule has 0 bridgehead atoms. The van der Waals surface area contributed by atoms with Crippen LogP contribution in [-0.2, 0) is 16.0 Å². The Morgan fingerprint density at radius 2 is 1.75 bits per heavy atom. The van der Waals surface area contributed by atoms with Crippen molar-refractivity contribution >= 4 is 23.2 Å². The number of ether oxygens (including phenoxy) is 3. The first-order valence-corrected chi connectivity index (χ1v) is 12.8. The van der Waals surface area contributed by atoms with Crippen LogP contribution in [0.4, 0.5) is 11.4 Å². The standard InChI is InChI=1S/C30H33N3O7/c1-16(30(37)33-19-7-6-8-20(35)14-19)31-24-12-10-21-22(15-25(24)36)23(32-17(2)34)11-9-18-13-26(38-3)28(39-4)29(40-5)27(18)21/h6-8,10,12-16,23,35H,9,11H2,1-5H3,(H,31,36)(H,32,34)(H,33,37). The maximum atomic E-state index is 13.5. The number of nitrogens with one attached hydrogen (secondary N) is 3. The summed E-state index contributed by atoms with van der Waals surface area (Å²) < 4.78 is 17.0.